The molecule has 122 valence electrons. The lowest BCUT2D eigenvalue weighted by molar-refractivity contribution is -0.0406. The lowest BCUT2D eigenvalue weighted by atomic mass is 9.82. The van der Waals surface area contributed by atoms with Crippen LogP contribution in [0.2, 0.25) is 0 Å². The molecule has 0 aromatic heterocycles. The number of benzene rings is 1. The van der Waals surface area contributed by atoms with Gasteiger partial charge in [-0.2, -0.15) is 0 Å². The fraction of sp³-hybridized carbons (Fsp3) is 0.600. The van der Waals surface area contributed by atoms with E-state index in [1.54, 1.807) is 0 Å². The van der Waals surface area contributed by atoms with Gasteiger partial charge in [-0.3, -0.25) is 0 Å². The Hall–Kier alpha value is -1.12. The van der Waals surface area contributed by atoms with Gasteiger partial charge in [0.1, 0.15) is 0 Å². The van der Waals surface area contributed by atoms with Crippen molar-refractivity contribution in [2.24, 2.45) is 5.92 Å². The zero-order valence-corrected chi connectivity index (χ0v) is 14.1. The molecule has 1 aliphatic rings. The quantitative estimate of drug-likeness (QED) is 0.619. The summed E-state index contributed by atoms with van der Waals surface area (Å²) in [5.74, 6) is 0.613. The van der Waals surface area contributed by atoms with Crippen molar-refractivity contribution in [3.8, 4) is 0 Å². The Kier molecular flexibility index (Phi) is 7.14. The monoisotopic (exact) mass is 302 g/mol. The van der Waals surface area contributed by atoms with Gasteiger partial charge < -0.3 is 9.47 Å². The van der Waals surface area contributed by atoms with Crippen LogP contribution < -0.4 is 0 Å². The fourth-order valence-corrected chi connectivity index (χ4v) is 3.43. The molecule has 0 spiro atoms. The molecule has 2 nitrogen and oxygen atoms in total. The van der Waals surface area contributed by atoms with Crippen LogP contribution in [-0.2, 0) is 16.1 Å². The van der Waals surface area contributed by atoms with Crippen molar-refractivity contribution in [3.63, 3.8) is 0 Å². The molecule has 3 atom stereocenters. The van der Waals surface area contributed by atoms with Gasteiger partial charge in [0.2, 0.25) is 0 Å². The predicted molar refractivity (Wildman–Crippen MR) is 91.8 cm³/mol. The molecular formula is C20H30O2. The third-order valence-corrected chi connectivity index (χ3v) is 4.62. The van der Waals surface area contributed by atoms with Crippen molar-refractivity contribution >= 4 is 0 Å². The van der Waals surface area contributed by atoms with Crippen molar-refractivity contribution in [2.45, 2.75) is 64.3 Å². The maximum atomic E-state index is 6.25. The van der Waals surface area contributed by atoms with Gasteiger partial charge in [-0.25, -0.2) is 0 Å². The van der Waals surface area contributed by atoms with Crippen molar-refractivity contribution in [1.82, 2.24) is 0 Å². The second-order valence-corrected chi connectivity index (χ2v) is 6.63. The summed E-state index contributed by atoms with van der Waals surface area (Å²) in [6.45, 7) is 6.82. The first-order valence-corrected chi connectivity index (χ1v) is 8.51. The molecule has 0 unspecified atom stereocenters. The number of hydrogen-bond acceptors (Lipinski definition) is 2. The van der Waals surface area contributed by atoms with Gasteiger partial charge in [-0.1, -0.05) is 48.7 Å². The molecular weight excluding hydrogens is 272 g/mol. The van der Waals surface area contributed by atoms with E-state index < -0.39 is 0 Å². The Morgan fingerprint density at radius 3 is 2.64 bits per heavy atom. The molecule has 2 rings (SSSR count). The minimum atomic E-state index is 0.281. The van der Waals surface area contributed by atoms with Crippen LogP contribution in [0.15, 0.2) is 42.5 Å². The first-order valence-electron chi connectivity index (χ1n) is 8.51. The molecule has 0 bridgehead atoms. The molecule has 1 aromatic rings. The standard InChI is InChI=1S/C20H30O2/c1-16(2)13-19(21-3)14-18-11-7-8-12-20(18)22-15-17-9-5-4-6-10-17/h4-6,9-10,18-20H,1,7-8,11-15H2,2-3H3/t18-,19-,20+/m1/s1. The molecule has 1 aromatic carbocycles. The van der Waals surface area contributed by atoms with E-state index in [2.05, 4.69) is 37.8 Å². The fourth-order valence-electron chi connectivity index (χ4n) is 3.43. The Morgan fingerprint density at radius 2 is 1.95 bits per heavy atom. The van der Waals surface area contributed by atoms with Crippen LogP contribution >= 0.6 is 0 Å². The van der Waals surface area contributed by atoms with Crippen molar-refractivity contribution in [1.29, 1.82) is 0 Å². The van der Waals surface area contributed by atoms with Crippen LogP contribution in [0.3, 0.4) is 0 Å². The second-order valence-electron chi connectivity index (χ2n) is 6.63. The zero-order valence-electron chi connectivity index (χ0n) is 14.1. The summed E-state index contributed by atoms with van der Waals surface area (Å²) in [6, 6.07) is 10.5. The SMILES string of the molecule is C=C(C)C[C@H](C[C@H]1CCCC[C@@H]1OCc1ccccc1)OC. The summed E-state index contributed by atoms with van der Waals surface area (Å²) in [5.41, 5.74) is 2.46. The Labute approximate surface area is 135 Å². The van der Waals surface area contributed by atoms with Crippen LogP contribution in [0.25, 0.3) is 0 Å². The Bertz CT molecular complexity index is 440. The maximum absolute atomic E-state index is 6.25. The second kappa shape index (κ2) is 9.12. The molecule has 1 saturated carbocycles. The normalized spacial score (nSPS) is 23.2. The lowest BCUT2D eigenvalue weighted by Gasteiger charge is -2.33. The van der Waals surface area contributed by atoms with E-state index in [1.165, 1.54) is 36.8 Å². The van der Waals surface area contributed by atoms with E-state index in [9.17, 15) is 0 Å². The molecule has 1 fully saturated rings. The Morgan fingerprint density at radius 1 is 1.23 bits per heavy atom. The van der Waals surface area contributed by atoms with Crippen LogP contribution in [-0.4, -0.2) is 19.3 Å². The summed E-state index contributed by atoms with van der Waals surface area (Å²) in [5, 5.41) is 0. The smallest absolute Gasteiger partial charge is 0.0720 e. The highest BCUT2D eigenvalue weighted by atomic mass is 16.5. The van der Waals surface area contributed by atoms with Crippen LogP contribution in [0.4, 0.5) is 0 Å². The van der Waals surface area contributed by atoms with Gasteiger partial charge in [0.05, 0.1) is 18.8 Å². The zero-order chi connectivity index (χ0) is 15.8. The highest BCUT2D eigenvalue weighted by Gasteiger charge is 2.28. The molecule has 22 heavy (non-hydrogen) atoms. The van der Waals surface area contributed by atoms with Crippen molar-refractivity contribution in [2.75, 3.05) is 7.11 Å². The third-order valence-electron chi connectivity index (χ3n) is 4.62. The van der Waals surface area contributed by atoms with Crippen molar-refractivity contribution in [3.05, 3.63) is 48.0 Å². The highest BCUT2D eigenvalue weighted by Crippen LogP contribution is 2.32. The summed E-state index contributed by atoms with van der Waals surface area (Å²) in [7, 11) is 1.82. The Balaban J connectivity index is 1.88. The predicted octanol–water partition coefficient (Wildman–Crippen LogP) is 5.13. The summed E-state index contributed by atoms with van der Waals surface area (Å²) >= 11 is 0. The van der Waals surface area contributed by atoms with Gasteiger partial charge in [0.25, 0.3) is 0 Å². The first kappa shape index (κ1) is 17.2. The number of hydrogen-bond donors (Lipinski definition) is 0. The average molecular weight is 302 g/mol. The first-order chi connectivity index (χ1) is 10.7. The summed E-state index contributed by atoms with van der Waals surface area (Å²) < 4.78 is 11.9. The van der Waals surface area contributed by atoms with Crippen LogP contribution in [0.5, 0.6) is 0 Å². The topological polar surface area (TPSA) is 18.5 Å². The number of ether oxygens (including phenoxy) is 2. The summed E-state index contributed by atoms with van der Waals surface area (Å²) in [6.07, 6.45) is 7.74. The molecule has 0 aliphatic heterocycles. The van der Waals surface area contributed by atoms with Crippen molar-refractivity contribution < 1.29 is 9.47 Å². The van der Waals surface area contributed by atoms with Gasteiger partial charge in [0, 0.05) is 7.11 Å². The third kappa shape index (κ3) is 5.58. The van der Waals surface area contributed by atoms with E-state index in [4.69, 9.17) is 9.47 Å². The van der Waals surface area contributed by atoms with Gasteiger partial charge in [-0.15, -0.1) is 6.58 Å². The molecule has 0 saturated heterocycles. The number of rotatable bonds is 8. The number of methoxy groups -OCH3 is 1. The largest absolute Gasteiger partial charge is 0.381 e. The van der Waals surface area contributed by atoms with Crippen LogP contribution in [0.1, 0.15) is 51.0 Å². The molecule has 0 amide bonds. The average Bonchev–Trinajstić information content (AvgIpc) is 2.54. The minimum absolute atomic E-state index is 0.281. The molecule has 0 N–H and O–H groups in total. The highest BCUT2D eigenvalue weighted by molar-refractivity contribution is 5.13. The molecule has 1 aliphatic carbocycles. The van der Waals surface area contributed by atoms with E-state index in [-0.39, 0.29) is 6.10 Å². The van der Waals surface area contributed by atoms with E-state index >= 15 is 0 Å². The minimum Gasteiger partial charge on any atom is -0.381 e. The van der Waals surface area contributed by atoms with E-state index in [0.717, 1.165) is 19.4 Å². The van der Waals surface area contributed by atoms with E-state index in [1.807, 2.05) is 13.2 Å². The molecule has 0 radical (unpaired) electrons. The van der Waals surface area contributed by atoms with Gasteiger partial charge in [0.15, 0.2) is 0 Å². The molecule has 2 heteroatoms. The van der Waals surface area contributed by atoms with Gasteiger partial charge >= 0.3 is 0 Å². The molecule has 0 heterocycles. The summed E-state index contributed by atoms with van der Waals surface area (Å²) in [4.78, 5) is 0. The van der Waals surface area contributed by atoms with E-state index in [0.29, 0.717) is 12.0 Å². The lowest BCUT2D eigenvalue weighted by Crippen LogP contribution is -2.31. The van der Waals surface area contributed by atoms with Crippen LogP contribution in [0, 0.1) is 5.92 Å². The maximum Gasteiger partial charge on any atom is 0.0720 e. The van der Waals surface area contributed by atoms with Gasteiger partial charge in [-0.05, 0) is 44.1 Å².